The van der Waals surface area contributed by atoms with Crippen LogP contribution in [-0.2, 0) is 23.8 Å². The number of amides is 1. The van der Waals surface area contributed by atoms with Crippen LogP contribution in [0.5, 0.6) is 17.2 Å². The Kier molecular flexibility index (Phi) is 6.36. The third-order valence-electron chi connectivity index (χ3n) is 6.60. The highest BCUT2D eigenvalue weighted by Crippen LogP contribution is 2.50. The molecule has 1 saturated carbocycles. The second kappa shape index (κ2) is 9.64. The lowest BCUT2D eigenvalue weighted by molar-refractivity contribution is -0.186. The van der Waals surface area contributed by atoms with Gasteiger partial charge in [-0.3, -0.25) is 14.4 Å². The molecule has 194 valence electrons. The fourth-order valence-electron chi connectivity index (χ4n) is 5.18. The quantitative estimate of drug-likeness (QED) is 0.460. The van der Waals surface area contributed by atoms with Gasteiger partial charge in [-0.05, 0) is 30.2 Å². The van der Waals surface area contributed by atoms with Crippen LogP contribution in [0.4, 0.5) is 0 Å². The average Bonchev–Trinajstić information content (AvgIpc) is 2.86. The third kappa shape index (κ3) is 4.52. The number of esters is 3. The Morgan fingerprint density at radius 3 is 2.35 bits per heavy atom. The first-order valence-electron chi connectivity index (χ1n) is 11.8. The van der Waals surface area contributed by atoms with Gasteiger partial charge in [0.1, 0.15) is 19.3 Å². The summed E-state index contributed by atoms with van der Waals surface area (Å²) < 4.78 is 28.0. The zero-order valence-corrected chi connectivity index (χ0v) is 20.1. The summed E-state index contributed by atoms with van der Waals surface area (Å²) in [6.45, 7) is 2.84. The molecule has 5 unspecified atom stereocenters. The van der Waals surface area contributed by atoms with Crippen LogP contribution < -0.4 is 14.8 Å². The SMILES string of the molecule is CC(=O)OC1C(OC(=O)c2ccccc2)CC2c3cc4c(c(O)c3C(=O)NC2C1OC(C)=O)OCCO4. The first-order valence-corrected chi connectivity index (χ1v) is 11.8. The molecular formula is C26H25NO10. The van der Waals surface area contributed by atoms with E-state index in [1.165, 1.54) is 13.8 Å². The number of phenolic OH excluding ortho intramolecular Hbond substituents is 1. The van der Waals surface area contributed by atoms with Crippen molar-refractivity contribution >= 4 is 23.8 Å². The monoisotopic (exact) mass is 511 g/mol. The van der Waals surface area contributed by atoms with Crippen LogP contribution in [0.15, 0.2) is 36.4 Å². The maximum Gasteiger partial charge on any atom is 0.338 e. The minimum Gasteiger partial charge on any atom is -0.504 e. The summed E-state index contributed by atoms with van der Waals surface area (Å²) in [5, 5.41) is 13.7. The standard InChI is InChI=1S/C26H25NO10/c1-12(28)35-23-18(37-26(32)14-6-4-3-5-7-14)11-16-15-10-17-22(34-9-8-33-17)21(30)19(15)25(31)27-20(16)24(23)36-13(2)29/h3-7,10,16,18,20,23-24,30H,8-9,11H2,1-2H3,(H,27,31). The number of hydrogen-bond acceptors (Lipinski definition) is 10. The molecule has 3 aliphatic rings. The number of benzene rings is 2. The van der Waals surface area contributed by atoms with Gasteiger partial charge in [0.2, 0.25) is 5.75 Å². The summed E-state index contributed by atoms with van der Waals surface area (Å²) in [5.41, 5.74) is 0.686. The van der Waals surface area contributed by atoms with Crippen LogP contribution in [0.1, 0.15) is 52.5 Å². The maximum absolute atomic E-state index is 13.2. The number of aromatic hydroxyl groups is 1. The van der Waals surface area contributed by atoms with Gasteiger partial charge in [0, 0.05) is 19.8 Å². The van der Waals surface area contributed by atoms with E-state index in [1.54, 1.807) is 36.4 Å². The van der Waals surface area contributed by atoms with Gasteiger partial charge in [0.15, 0.2) is 23.7 Å². The van der Waals surface area contributed by atoms with E-state index in [2.05, 4.69) is 5.32 Å². The van der Waals surface area contributed by atoms with Gasteiger partial charge in [-0.15, -0.1) is 0 Å². The number of ether oxygens (including phenoxy) is 5. The molecule has 1 fully saturated rings. The van der Waals surface area contributed by atoms with Gasteiger partial charge in [-0.25, -0.2) is 4.79 Å². The molecule has 0 bridgehead atoms. The third-order valence-corrected chi connectivity index (χ3v) is 6.60. The van der Waals surface area contributed by atoms with Crippen molar-refractivity contribution in [2.24, 2.45) is 0 Å². The van der Waals surface area contributed by atoms with Crippen LogP contribution in [0, 0.1) is 0 Å². The van der Waals surface area contributed by atoms with Gasteiger partial charge in [0.25, 0.3) is 5.91 Å². The fourth-order valence-corrected chi connectivity index (χ4v) is 5.18. The number of nitrogens with one attached hydrogen (secondary N) is 1. The maximum atomic E-state index is 13.2. The molecule has 11 nitrogen and oxygen atoms in total. The summed E-state index contributed by atoms with van der Waals surface area (Å²) in [6.07, 6.45) is -3.32. The lowest BCUT2D eigenvalue weighted by Crippen LogP contribution is -2.64. The molecule has 0 radical (unpaired) electrons. The van der Waals surface area contributed by atoms with Crippen LogP contribution >= 0.6 is 0 Å². The average molecular weight is 511 g/mol. The van der Waals surface area contributed by atoms with E-state index in [9.17, 15) is 24.3 Å². The molecular weight excluding hydrogens is 486 g/mol. The topological polar surface area (TPSA) is 147 Å². The Morgan fingerprint density at radius 2 is 1.65 bits per heavy atom. The van der Waals surface area contributed by atoms with Crippen LogP contribution in [0.2, 0.25) is 0 Å². The number of rotatable bonds is 4. The van der Waals surface area contributed by atoms with Crippen molar-refractivity contribution in [3.05, 3.63) is 53.1 Å². The minimum absolute atomic E-state index is 0.00820. The predicted octanol–water partition coefficient (Wildman–Crippen LogP) is 1.85. The van der Waals surface area contributed by atoms with E-state index >= 15 is 0 Å². The van der Waals surface area contributed by atoms with Gasteiger partial charge in [-0.1, -0.05) is 18.2 Å². The van der Waals surface area contributed by atoms with E-state index in [4.69, 9.17) is 23.7 Å². The molecule has 2 N–H and O–H groups in total. The smallest absolute Gasteiger partial charge is 0.338 e. The molecule has 5 rings (SSSR count). The number of fused-ring (bicyclic) bond motifs is 4. The molecule has 11 heteroatoms. The Labute approximate surface area is 211 Å². The van der Waals surface area contributed by atoms with Crippen LogP contribution in [0.25, 0.3) is 0 Å². The van der Waals surface area contributed by atoms with Crippen molar-refractivity contribution in [2.45, 2.75) is 50.5 Å². The number of carbonyl (C=O) groups excluding carboxylic acids is 4. The molecule has 1 amide bonds. The van der Waals surface area contributed by atoms with Crippen molar-refractivity contribution in [1.29, 1.82) is 0 Å². The number of phenols is 1. The molecule has 2 aliphatic heterocycles. The predicted molar refractivity (Wildman–Crippen MR) is 124 cm³/mol. The molecule has 2 aromatic carbocycles. The molecule has 2 heterocycles. The molecule has 0 aromatic heterocycles. The van der Waals surface area contributed by atoms with Crippen molar-refractivity contribution in [2.75, 3.05) is 13.2 Å². The Balaban J connectivity index is 1.58. The van der Waals surface area contributed by atoms with Crippen molar-refractivity contribution in [3.63, 3.8) is 0 Å². The van der Waals surface area contributed by atoms with Crippen molar-refractivity contribution in [3.8, 4) is 17.2 Å². The lowest BCUT2D eigenvalue weighted by atomic mass is 9.71. The summed E-state index contributed by atoms with van der Waals surface area (Å²) in [6, 6.07) is 9.03. The molecule has 37 heavy (non-hydrogen) atoms. The van der Waals surface area contributed by atoms with E-state index in [0.717, 1.165) is 0 Å². The molecule has 1 aliphatic carbocycles. The Hall–Kier alpha value is -4.28. The first kappa shape index (κ1) is 24.4. The van der Waals surface area contributed by atoms with E-state index < -0.39 is 54.1 Å². The van der Waals surface area contributed by atoms with Gasteiger partial charge < -0.3 is 34.1 Å². The highest BCUT2D eigenvalue weighted by molar-refractivity contribution is 6.01. The normalized spacial score (nSPS) is 25.6. The second-order valence-electron chi connectivity index (χ2n) is 9.01. The summed E-state index contributed by atoms with van der Waals surface area (Å²) in [7, 11) is 0. The molecule has 2 aromatic rings. The van der Waals surface area contributed by atoms with Crippen molar-refractivity contribution < 1.29 is 48.0 Å². The second-order valence-corrected chi connectivity index (χ2v) is 9.01. The first-order chi connectivity index (χ1) is 17.7. The zero-order chi connectivity index (χ0) is 26.3. The van der Waals surface area contributed by atoms with Gasteiger partial charge >= 0.3 is 17.9 Å². The van der Waals surface area contributed by atoms with E-state index in [0.29, 0.717) is 5.56 Å². The summed E-state index contributed by atoms with van der Waals surface area (Å²) in [5.74, 6) is -3.28. The van der Waals surface area contributed by atoms with E-state index in [-0.39, 0.29) is 48.0 Å². The van der Waals surface area contributed by atoms with Crippen molar-refractivity contribution in [1.82, 2.24) is 5.32 Å². The Bertz CT molecular complexity index is 1260. The summed E-state index contributed by atoms with van der Waals surface area (Å²) >= 11 is 0. The van der Waals surface area contributed by atoms with Gasteiger partial charge in [0.05, 0.1) is 17.2 Å². The highest BCUT2D eigenvalue weighted by Gasteiger charge is 2.54. The lowest BCUT2D eigenvalue weighted by Gasteiger charge is -2.47. The molecule has 5 atom stereocenters. The molecule has 0 saturated heterocycles. The highest BCUT2D eigenvalue weighted by atomic mass is 16.6. The fraction of sp³-hybridized carbons (Fsp3) is 0.385. The zero-order valence-electron chi connectivity index (χ0n) is 20.1. The molecule has 0 spiro atoms. The van der Waals surface area contributed by atoms with Gasteiger partial charge in [-0.2, -0.15) is 0 Å². The van der Waals surface area contributed by atoms with Crippen LogP contribution in [-0.4, -0.2) is 66.5 Å². The minimum atomic E-state index is -1.19. The number of hydrogen-bond donors (Lipinski definition) is 2. The number of carbonyl (C=O) groups is 4. The Morgan fingerprint density at radius 1 is 0.973 bits per heavy atom. The van der Waals surface area contributed by atoms with Crippen LogP contribution in [0.3, 0.4) is 0 Å². The largest absolute Gasteiger partial charge is 0.504 e. The van der Waals surface area contributed by atoms with E-state index in [1.807, 2.05) is 0 Å². The summed E-state index contributed by atoms with van der Waals surface area (Å²) in [4.78, 5) is 50.2.